The Bertz CT molecular complexity index is 1010. The van der Waals surface area contributed by atoms with Crippen molar-refractivity contribution >= 4 is 22.7 Å². The molecule has 0 radical (unpaired) electrons. The summed E-state index contributed by atoms with van der Waals surface area (Å²) in [6.07, 6.45) is 9.37. The molecule has 3 unspecified atom stereocenters. The quantitative estimate of drug-likeness (QED) is 0.654. The minimum atomic E-state index is 0.0635. The van der Waals surface area contributed by atoms with E-state index in [0.29, 0.717) is 24.3 Å². The summed E-state index contributed by atoms with van der Waals surface area (Å²) in [5.41, 5.74) is 1.57. The van der Waals surface area contributed by atoms with Gasteiger partial charge in [-0.05, 0) is 62.1 Å². The number of rotatable bonds is 5. The molecule has 3 heterocycles. The van der Waals surface area contributed by atoms with Crippen molar-refractivity contribution in [2.45, 2.75) is 58.0 Å². The van der Waals surface area contributed by atoms with Crippen molar-refractivity contribution in [3.05, 3.63) is 42.1 Å². The van der Waals surface area contributed by atoms with E-state index in [0.717, 1.165) is 74.8 Å². The van der Waals surface area contributed by atoms with Crippen LogP contribution in [-0.4, -0.2) is 65.5 Å². The number of aromatic nitrogens is 1. The second-order valence-electron chi connectivity index (χ2n) is 10.6. The Hall–Kier alpha value is -2.47. The summed E-state index contributed by atoms with van der Waals surface area (Å²) in [5, 5.41) is 0.906. The molecule has 2 amide bonds. The number of ether oxygens (including phenoxy) is 1. The van der Waals surface area contributed by atoms with Crippen LogP contribution in [0.15, 0.2) is 36.5 Å². The highest BCUT2D eigenvalue weighted by molar-refractivity contribution is 6.06. The van der Waals surface area contributed by atoms with Crippen molar-refractivity contribution < 1.29 is 14.3 Å². The normalized spacial score (nSPS) is 26.2. The minimum absolute atomic E-state index is 0.0635. The zero-order valence-electron chi connectivity index (χ0n) is 20.3. The fraction of sp³-hybridized carbons (Fsp3) is 0.607. The maximum Gasteiger partial charge on any atom is 0.254 e. The molecule has 2 saturated heterocycles. The van der Waals surface area contributed by atoms with Crippen molar-refractivity contribution in [2.75, 3.05) is 32.8 Å². The summed E-state index contributed by atoms with van der Waals surface area (Å²) < 4.78 is 6.26. The van der Waals surface area contributed by atoms with Gasteiger partial charge in [0.1, 0.15) is 0 Å². The van der Waals surface area contributed by atoms with Gasteiger partial charge in [0.2, 0.25) is 5.91 Å². The van der Waals surface area contributed by atoms with Crippen LogP contribution in [0.25, 0.3) is 10.9 Å². The molecule has 1 aromatic carbocycles. The lowest BCUT2D eigenvalue weighted by Gasteiger charge is -2.36. The van der Waals surface area contributed by atoms with E-state index in [-0.39, 0.29) is 17.9 Å². The highest BCUT2D eigenvalue weighted by Crippen LogP contribution is 2.31. The van der Waals surface area contributed by atoms with E-state index in [1.54, 1.807) is 6.20 Å². The summed E-state index contributed by atoms with van der Waals surface area (Å²) in [4.78, 5) is 34.5. The van der Waals surface area contributed by atoms with Crippen LogP contribution < -0.4 is 0 Å². The lowest BCUT2D eigenvalue weighted by atomic mass is 9.81. The van der Waals surface area contributed by atoms with E-state index < -0.39 is 0 Å². The van der Waals surface area contributed by atoms with Crippen LogP contribution in [0.4, 0.5) is 0 Å². The standard InChI is InChI=1S/C28H37N3O3/c1-20-5-2-6-22(17-20)27(32)30-14-10-21(11-15-30)19-34-23-12-16-31(18-23)28(33)25-7-3-9-26-24(25)8-4-13-29-26/h3-4,7-9,13,20-23H,2,5-6,10-12,14-19H2,1H3. The van der Waals surface area contributed by atoms with Crippen molar-refractivity contribution in [3.63, 3.8) is 0 Å². The molecule has 182 valence electrons. The molecule has 1 aliphatic carbocycles. The average Bonchev–Trinajstić information content (AvgIpc) is 3.36. The molecule has 1 saturated carbocycles. The Labute approximate surface area is 202 Å². The first kappa shape index (κ1) is 23.3. The summed E-state index contributed by atoms with van der Waals surface area (Å²) in [5.74, 6) is 1.89. The summed E-state index contributed by atoms with van der Waals surface area (Å²) in [7, 11) is 0. The molecule has 0 bridgehead atoms. The molecule has 6 heteroatoms. The summed E-state index contributed by atoms with van der Waals surface area (Å²) >= 11 is 0. The van der Waals surface area contributed by atoms with Gasteiger partial charge in [-0.2, -0.15) is 0 Å². The van der Waals surface area contributed by atoms with Gasteiger partial charge in [0.25, 0.3) is 5.91 Å². The molecule has 5 rings (SSSR count). The molecule has 0 spiro atoms. The van der Waals surface area contributed by atoms with E-state index >= 15 is 0 Å². The Balaban J connectivity index is 1.07. The zero-order valence-corrected chi connectivity index (χ0v) is 20.3. The number of carbonyl (C=O) groups is 2. The fourth-order valence-corrected chi connectivity index (χ4v) is 6.02. The third-order valence-corrected chi connectivity index (χ3v) is 8.09. The minimum Gasteiger partial charge on any atom is -0.376 e. The summed E-state index contributed by atoms with van der Waals surface area (Å²) in [6, 6.07) is 9.58. The predicted molar refractivity (Wildman–Crippen MR) is 132 cm³/mol. The van der Waals surface area contributed by atoms with Gasteiger partial charge < -0.3 is 14.5 Å². The van der Waals surface area contributed by atoms with Crippen LogP contribution in [0, 0.1) is 17.8 Å². The molecular weight excluding hydrogens is 426 g/mol. The molecule has 34 heavy (non-hydrogen) atoms. The van der Waals surface area contributed by atoms with Gasteiger partial charge in [-0.15, -0.1) is 0 Å². The molecule has 1 aromatic heterocycles. The third kappa shape index (κ3) is 5.12. The number of pyridine rings is 1. The number of likely N-dealkylation sites (tertiary alicyclic amines) is 2. The molecule has 0 N–H and O–H groups in total. The first-order chi connectivity index (χ1) is 16.6. The van der Waals surface area contributed by atoms with Crippen LogP contribution >= 0.6 is 0 Å². The zero-order chi connectivity index (χ0) is 23.5. The number of amides is 2. The molecule has 3 atom stereocenters. The van der Waals surface area contributed by atoms with Crippen LogP contribution in [0.1, 0.15) is 62.2 Å². The van der Waals surface area contributed by atoms with Gasteiger partial charge in [0.15, 0.2) is 0 Å². The van der Waals surface area contributed by atoms with Crippen LogP contribution in [0.5, 0.6) is 0 Å². The van der Waals surface area contributed by atoms with Gasteiger partial charge in [-0.3, -0.25) is 14.6 Å². The molecule has 2 aliphatic heterocycles. The van der Waals surface area contributed by atoms with Crippen molar-refractivity contribution in [1.29, 1.82) is 0 Å². The first-order valence-electron chi connectivity index (χ1n) is 13.1. The number of carbonyl (C=O) groups excluding carboxylic acids is 2. The SMILES string of the molecule is CC1CCCC(C(=O)N2CCC(COC3CCN(C(=O)c4cccc5ncccc45)C3)CC2)C1. The fourth-order valence-electron chi connectivity index (χ4n) is 6.02. The Morgan fingerprint density at radius 2 is 1.82 bits per heavy atom. The van der Waals surface area contributed by atoms with E-state index in [4.69, 9.17) is 4.74 Å². The lowest BCUT2D eigenvalue weighted by Crippen LogP contribution is -2.43. The Morgan fingerprint density at radius 1 is 1.00 bits per heavy atom. The number of nitrogens with zero attached hydrogens (tertiary/aromatic N) is 3. The largest absolute Gasteiger partial charge is 0.376 e. The van der Waals surface area contributed by atoms with Crippen molar-refractivity contribution in [1.82, 2.24) is 14.8 Å². The van der Waals surface area contributed by atoms with Gasteiger partial charge in [-0.1, -0.05) is 31.9 Å². The molecule has 2 aromatic rings. The number of fused-ring (bicyclic) bond motifs is 1. The van der Waals surface area contributed by atoms with Gasteiger partial charge in [0.05, 0.1) is 11.6 Å². The van der Waals surface area contributed by atoms with Crippen LogP contribution in [0.2, 0.25) is 0 Å². The van der Waals surface area contributed by atoms with E-state index in [9.17, 15) is 9.59 Å². The van der Waals surface area contributed by atoms with Crippen LogP contribution in [0.3, 0.4) is 0 Å². The van der Waals surface area contributed by atoms with Gasteiger partial charge in [0, 0.05) is 55.9 Å². The number of piperidine rings is 1. The maximum absolute atomic E-state index is 13.2. The number of hydrogen-bond donors (Lipinski definition) is 0. The second kappa shape index (κ2) is 10.4. The van der Waals surface area contributed by atoms with Gasteiger partial charge in [-0.25, -0.2) is 0 Å². The Kier molecular flexibility index (Phi) is 7.14. The highest BCUT2D eigenvalue weighted by Gasteiger charge is 2.32. The number of benzene rings is 1. The van der Waals surface area contributed by atoms with E-state index in [1.165, 1.54) is 12.8 Å². The average molecular weight is 464 g/mol. The molecule has 3 fully saturated rings. The molecule has 6 nitrogen and oxygen atoms in total. The third-order valence-electron chi connectivity index (χ3n) is 8.09. The topological polar surface area (TPSA) is 62.7 Å². The van der Waals surface area contributed by atoms with Crippen LogP contribution in [-0.2, 0) is 9.53 Å². The summed E-state index contributed by atoms with van der Waals surface area (Å²) in [6.45, 7) is 6.11. The van der Waals surface area contributed by atoms with Crippen molar-refractivity contribution in [3.8, 4) is 0 Å². The smallest absolute Gasteiger partial charge is 0.254 e. The van der Waals surface area contributed by atoms with E-state index in [2.05, 4.69) is 16.8 Å². The lowest BCUT2D eigenvalue weighted by molar-refractivity contribution is -0.138. The maximum atomic E-state index is 13.2. The Morgan fingerprint density at radius 3 is 2.65 bits per heavy atom. The highest BCUT2D eigenvalue weighted by atomic mass is 16.5. The van der Waals surface area contributed by atoms with Crippen molar-refractivity contribution in [2.24, 2.45) is 17.8 Å². The van der Waals surface area contributed by atoms with E-state index in [1.807, 2.05) is 35.2 Å². The second-order valence-corrected chi connectivity index (χ2v) is 10.6. The molecule has 3 aliphatic rings. The predicted octanol–water partition coefficient (Wildman–Crippen LogP) is 4.53. The molecular formula is C28H37N3O3. The monoisotopic (exact) mass is 463 g/mol. The van der Waals surface area contributed by atoms with Gasteiger partial charge >= 0.3 is 0 Å². The number of hydrogen-bond acceptors (Lipinski definition) is 4. The first-order valence-corrected chi connectivity index (χ1v) is 13.1.